The SMILES string of the molecule is COc1ccc(C(N)c2ccc(Cl)c(Br)c2)cc1Cl. The molecule has 1 unspecified atom stereocenters. The summed E-state index contributed by atoms with van der Waals surface area (Å²) in [7, 11) is 1.58. The van der Waals surface area contributed by atoms with E-state index in [0.717, 1.165) is 15.6 Å². The van der Waals surface area contributed by atoms with Gasteiger partial charge in [0.15, 0.2) is 0 Å². The molecule has 0 aliphatic carbocycles. The van der Waals surface area contributed by atoms with Crippen LogP contribution in [0.25, 0.3) is 0 Å². The van der Waals surface area contributed by atoms with Gasteiger partial charge in [0, 0.05) is 4.47 Å². The third-order valence-corrected chi connectivity index (χ3v) is 4.35. The Morgan fingerprint density at radius 2 is 1.68 bits per heavy atom. The summed E-state index contributed by atoms with van der Waals surface area (Å²) in [5, 5.41) is 1.20. The van der Waals surface area contributed by atoms with Gasteiger partial charge < -0.3 is 10.5 Å². The summed E-state index contributed by atoms with van der Waals surface area (Å²) in [5.41, 5.74) is 8.11. The fourth-order valence-electron chi connectivity index (χ4n) is 1.77. The first-order valence-corrected chi connectivity index (χ1v) is 7.11. The van der Waals surface area contributed by atoms with Crippen molar-refractivity contribution in [3.05, 3.63) is 62.0 Å². The van der Waals surface area contributed by atoms with Crippen LogP contribution in [0, 0.1) is 0 Å². The lowest BCUT2D eigenvalue weighted by Gasteiger charge is -2.14. The number of methoxy groups -OCH3 is 1. The molecular weight excluding hydrogens is 349 g/mol. The highest BCUT2D eigenvalue weighted by Crippen LogP contribution is 2.31. The summed E-state index contributed by atoms with van der Waals surface area (Å²) >= 11 is 15.5. The molecule has 2 aromatic rings. The van der Waals surface area contributed by atoms with Crippen LogP contribution in [0.2, 0.25) is 10.0 Å². The Balaban J connectivity index is 2.35. The molecule has 0 aromatic heterocycles. The molecule has 0 aliphatic heterocycles. The van der Waals surface area contributed by atoms with Crippen molar-refractivity contribution < 1.29 is 4.74 Å². The average Bonchev–Trinajstić information content (AvgIpc) is 2.41. The van der Waals surface area contributed by atoms with Gasteiger partial charge in [-0.1, -0.05) is 35.3 Å². The number of benzene rings is 2. The molecule has 0 heterocycles. The van der Waals surface area contributed by atoms with Crippen LogP contribution in [0.15, 0.2) is 40.9 Å². The van der Waals surface area contributed by atoms with E-state index in [9.17, 15) is 0 Å². The van der Waals surface area contributed by atoms with Crippen LogP contribution in [0.4, 0.5) is 0 Å². The molecule has 2 N–H and O–H groups in total. The van der Waals surface area contributed by atoms with Crippen molar-refractivity contribution >= 4 is 39.1 Å². The standard InChI is InChI=1S/C14H12BrCl2NO/c1-19-13-5-3-9(7-12(13)17)14(18)8-2-4-11(16)10(15)6-8/h2-7,14H,18H2,1H3. The van der Waals surface area contributed by atoms with E-state index < -0.39 is 0 Å². The Bertz CT molecular complexity index is 604. The van der Waals surface area contributed by atoms with Crippen LogP contribution in [0.3, 0.4) is 0 Å². The lowest BCUT2D eigenvalue weighted by Crippen LogP contribution is -2.11. The van der Waals surface area contributed by atoms with Gasteiger partial charge in [-0.3, -0.25) is 0 Å². The fraction of sp³-hybridized carbons (Fsp3) is 0.143. The van der Waals surface area contributed by atoms with Gasteiger partial charge in [0.2, 0.25) is 0 Å². The van der Waals surface area contributed by atoms with Gasteiger partial charge in [0.05, 0.1) is 23.2 Å². The highest BCUT2D eigenvalue weighted by atomic mass is 79.9. The molecule has 2 aromatic carbocycles. The molecule has 2 nitrogen and oxygen atoms in total. The second-order valence-corrected chi connectivity index (χ2v) is 5.71. The van der Waals surface area contributed by atoms with Crippen LogP contribution in [0.5, 0.6) is 5.75 Å². The Hall–Kier alpha value is -0.740. The largest absolute Gasteiger partial charge is 0.495 e. The van der Waals surface area contributed by atoms with Crippen molar-refractivity contribution in [2.75, 3.05) is 7.11 Å². The molecule has 100 valence electrons. The van der Waals surface area contributed by atoms with Gasteiger partial charge in [-0.05, 0) is 51.3 Å². The van der Waals surface area contributed by atoms with Crippen LogP contribution in [-0.2, 0) is 0 Å². The summed E-state index contributed by atoms with van der Waals surface area (Å²) in [4.78, 5) is 0. The van der Waals surface area contributed by atoms with Gasteiger partial charge in [-0.2, -0.15) is 0 Å². The molecule has 0 aliphatic rings. The Morgan fingerprint density at radius 3 is 2.26 bits per heavy atom. The number of hydrogen-bond acceptors (Lipinski definition) is 2. The number of hydrogen-bond donors (Lipinski definition) is 1. The minimum absolute atomic E-state index is 0.267. The molecule has 19 heavy (non-hydrogen) atoms. The van der Waals surface area contributed by atoms with E-state index in [1.165, 1.54) is 0 Å². The van der Waals surface area contributed by atoms with Crippen molar-refractivity contribution in [1.82, 2.24) is 0 Å². The lowest BCUT2D eigenvalue weighted by atomic mass is 10.00. The lowest BCUT2D eigenvalue weighted by molar-refractivity contribution is 0.415. The molecular formula is C14H12BrCl2NO. The summed E-state index contributed by atoms with van der Waals surface area (Å²) in [6, 6.07) is 10.9. The third kappa shape index (κ3) is 3.23. The summed E-state index contributed by atoms with van der Waals surface area (Å²) in [6.07, 6.45) is 0. The second kappa shape index (κ2) is 6.14. The van der Waals surface area contributed by atoms with E-state index in [-0.39, 0.29) is 6.04 Å². The Labute approximate surface area is 130 Å². The molecule has 0 bridgehead atoms. The quantitative estimate of drug-likeness (QED) is 0.852. The predicted octanol–water partition coefficient (Wildman–Crippen LogP) is 4.81. The van der Waals surface area contributed by atoms with Gasteiger partial charge in [-0.25, -0.2) is 0 Å². The van der Waals surface area contributed by atoms with E-state index >= 15 is 0 Å². The average molecular weight is 361 g/mol. The maximum Gasteiger partial charge on any atom is 0.137 e. The Morgan fingerprint density at radius 1 is 1.05 bits per heavy atom. The number of rotatable bonds is 3. The van der Waals surface area contributed by atoms with Crippen molar-refractivity contribution in [3.63, 3.8) is 0 Å². The van der Waals surface area contributed by atoms with E-state index in [1.54, 1.807) is 7.11 Å². The van der Waals surface area contributed by atoms with Crippen LogP contribution < -0.4 is 10.5 Å². The van der Waals surface area contributed by atoms with Crippen molar-refractivity contribution in [2.24, 2.45) is 5.73 Å². The first kappa shape index (κ1) is 14.7. The molecule has 5 heteroatoms. The van der Waals surface area contributed by atoms with E-state index in [2.05, 4.69) is 15.9 Å². The molecule has 0 fully saturated rings. The summed E-state index contributed by atoms with van der Waals surface area (Å²) < 4.78 is 5.94. The van der Waals surface area contributed by atoms with Crippen LogP contribution in [0.1, 0.15) is 17.2 Å². The van der Waals surface area contributed by atoms with Gasteiger partial charge >= 0.3 is 0 Å². The van der Waals surface area contributed by atoms with Crippen molar-refractivity contribution in [2.45, 2.75) is 6.04 Å². The molecule has 1 atom stereocenters. The normalized spacial score (nSPS) is 12.3. The molecule has 0 radical (unpaired) electrons. The molecule has 0 spiro atoms. The maximum atomic E-state index is 6.23. The second-order valence-electron chi connectivity index (χ2n) is 4.05. The summed E-state index contributed by atoms with van der Waals surface area (Å²) in [5.74, 6) is 0.634. The minimum atomic E-state index is -0.267. The maximum absolute atomic E-state index is 6.23. The van der Waals surface area contributed by atoms with Crippen molar-refractivity contribution in [1.29, 1.82) is 0 Å². The minimum Gasteiger partial charge on any atom is -0.495 e. The van der Waals surface area contributed by atoms with E-state index in [1.807, 2.05) is 36.4 Å². The van der Waals surface area contributed by atoms with Crippen LogP contribution >= 0.6 is 39.1 Å². The van der Waals surface area contributed by atoms with Gasteiger partial charge in [0.1, 0.15) is 5.75 Å². The van der Waals surface area contributed by atoms with Gasteiger partial charge in [0.25, 0.3) is 0 Å². The highest BCUT2D eigenvalue weighted by Gasteiger charge is 2.12. The summed E-state index contributed by atoms with van der Waals surface area (Å²) in [6.45, 7) is 0. The molecule has 0 amide bonds. The first-order chi connectivity index (χ1) is 9.02. The monoisotopic (exact) mass is 359 g/mol. The third-order valence-electron chi connectivity index (χ3n) is 2.84. The topological polar surface area (TPSA) is 35.2 Å². The molecule has 2 rings (SSSR count). The smallest absolute Gasteiger partial charge is 0.137 e. The zero-order valence-electron chi connectivity index (χ0n) is 10.2. The highest BCUT2D eigenvalue weighted by molar-refractivity contribution is 9.10. The predicted molar refractivity (Wildman–Crippen MR) is 83.2 cm³/mol. The zero-order chi connectivity index (χ0) is 14.0. The fourth-order valence-corrected chi connectivity index (χ4v) is 2.55. The Kier molecular flexibility index (Phi) is 4.74. The molecule has 0 saturated carbocycles. The molecule has 0 saturated heterocycles. The zero-order valence-corrected chi connectivity index (χ0v) is 13.3. The number of halogens is 3. The van der Waals surface area contributed by atoms with Crippen LogP contribution in [-0.4, -0.2) is 7.11 Å². The van der Waals surface area contributed by atoms with E-state index in [4.69, 9.17) is 33.7 Å². The number of nitrogens with two attached hydrogens (primary N) is 1. The number of ether oxygens (including phenoxy) is 1. The first-order valence-electron chi connectivity index (χ1n) is 5.57. The van der Waals surface area contributed by atoms with E-state index in [0.29, 0.717) is 15.8 Å². The van der Waals surface area contributed by atoms with Gasteiger partial charge in [-0.15, -0.1) is 0 Å². The van der Waals surface area contributed by atoms with Crippen molar-refractivity contribution in [3.8, 4) is 5.75 Å².